The van der Waals surface area contributed by atoms with Crippen LogP contribution in [0.25, 0.3) is 0 Å². The number of nitrogens with one attached hydrogen (secondary N) is 1. The van der Waals surface area contributed by atoms with E-state index in [0.717, 1.165) is 12.5 Å². The Morgan fingerprint density at radius 1 is 1.21 bits per heavy atom. The SMILES string of the molecule is CC(CC(C)(CO)NC1CC1)N(C)C1CCCCC1. The van der Waals surface area contributed by atoms with Gasteiger partial charge in [-0.05, 0) is 53.0 Å². The van der Waals surface area contributed by atoms with Gasteiger partial charge in [0.15, 0.2) is 0 Å². The van der Waals surface area contributed by atoms with Crippen molar-refractivity contribution in [2.75, 3.05) is 13.7 Å². The standard InChI is InChI=1S/C16H32N2O/c1-13(18(3)15-7-5-4-6-8-15)11-16(2,12-19)17-14-9-10-14/h13-15,17,19H,4-12H2,1-3H3. The molecular weight excluding hydrogens is 236 g/mol. The molecule has 0 aromatic heterocycles. The Kier molecular flexibility index (Phi) is 5.27. The van der Waals surface area contributed by atoms with E-state index in [-0.39, 0.29) is 12.1 Å². The fourth-order valence-corrected chi connectivity index (χ4v) is 3.53. The Balaban J connectivity index is 1.84. The molecule has 0 aromatic rings. The number of hydrogen-bond acceptors (Lipinski definition) is 3. The number of hydrogen-bond donors (Lipinski definition) is 2. The van der Waals surface area contributed by atoms with Crippen molar-refractivity contribution in [2.45, 2.75) is 88.9 Å². The molecule has 2 aliphatic rings. The van der Waals surface area contributed by atoms with Gasteiger partial charge in [0.2, 0.25) is 0 Å². The van der Waals surface area contributed by atoms with Crippen molar-refractivity contribution in [3.8, 4) is 0 Å². The predicted molar refractivity (Wildman–Crippen MR) is 80.4 cm³/mol. The van der Waals surface area contributed by atoms with Gasteiger partial charge in [-0.2, -0.15) is 0 Å². The van der Waals surface area contributed by atoms with Crippen LogP contribution in [0.4, 0.5) is 0 Å². The van der Waals surface area contributed by atoms with Crippen LogP contribution in [0.2, 0.25) is 0 Å². The van der Waals surface area contributed by atoms with E-state index in [2.05, 4.69) is 31.1 Å². The summed E-state index contributed by atoms with van der Waals surface area (Å²) in [5, 5.41) is 13.4. The molecular formula is C16H32N2O. The second-order valence-electron chi connectivity index (χ2n) is 7.15. The first-order valence-electron chi connectivity index (χ1n) is 8.14. The van der Waals surface area contributed by atoms with E-state index in [1.54, 1.807) is 0 Å². The van der Waals surface area contributed by atoms with Gasteiger partial charge in [0.05, 0.1) is 6.61 Å². The van der Waals surface area contributed by atoms with Gasteiger partial charge in [-0.3, -0.25) is 0 Å². The highest BCUT2D eigenvalue weighted by atomic mass is 16.3. The molecule has 0 amide bonds. The first-order chi connectivity index (χ1) is 9.04. The Morgan fingerprint density at radius 3 is 2.37 bits per heavy atom. The Labute approximate surface area is 118 Å². The lowest BCUT2D eigenvalue weighted by Gasteiger charge is -2.40. The largest absolute Gasteiger partial charge is 0.394 e. The summed E-state index contributed by atoms with van der Waals surface area (Å²) in [6.45, 7) is 4.74. The lowest BCUT2D eigenvalue weighted by molar-refractivity contribution is 0.0913. The maximum absolute atomic E-state index is 9.72. The van der Waals surface area contributed by atoms with Crippen molar-refractivity contribution >= 4 is 0 Å². The van der Waals surface area contributed by atoms with E-state index in [4.69, 9.17) is 0 Å². The van der Waals surface area contributed by atoms with Gasteiger partial charge in [-0.15, -0.1) is 0 Å². The molecule has 2 unspecified atom stereocenters. The Bertz CT molecular complexity index is 274. The molecule has 0 heterocycles. The number of aliphatic hydroxyl groups excluding tert-OH is 1. The zero-order valence-corrected chi connectivity index (χ0v) is 13.0. The molecule has 2 rings (SSSR count). The smallest absolute Gasteiger partial charge is 0.0611 e. The fraction of sp³-hybridized carbons (Fsp3) is 1.00. The highest BCUT2D eigenvalue weighted by Crippen LogP contribution is 2.28. The average molecular weight is 268 g/mol. The molecule has 0 radical (unpaired) electrons. The molecule has 19 heavy (non-hydrogen) atoms. The topological polar surface area (TPSA) is 35.5 Å². The highest BCUT2D eigenvalue weighted by molar-refractivity contribution is 4.94. The molecule has 3 heteroatoms. The molecule has 0 saturated heterocycles. The second kappa shape index (κ2) is 6.55. The minimum Gasteiger partial charge on any atom is -0.394 e. The monoisotopic (exact) mass is 268 g/mol. The van der Waals surface area contributed by atoms with Gasteiger partial charge >= 0.3 is 0 Å². The van der Waals surface area contributed by atoms with Gasteiger partial charge in [0, 0.05) is 23.7 Å². The van der Waals surface area contributed by atoms with Crippen LogP contribution in [0.3, 0.4) is 0 Å². The normalized spacial score (nSPS) is 26.4. The minimum atomic E-state index is -0.108. The predicted octanol–water partition coefficient (Wildman–Crippen LogP) is 2.53. The summed E-state index contributed by atoms with van der Waals surface area (Å²) in [7, 11) is 2.27. The van der Waals surface area contributed by atoms with Crippen LogP contribution in [0.15, 0.2) is 0 Å². The summed E-state index contributed by atoms with van der Waals surface area (Å²) in [5.41, 5.74) is -0.108. The maximum Gasteiger partial charge on any atom is 0.0611 e. The third-order valence-corrected chi connectivity index (χ3v) is 5.07. The van der Waals surface area contributed by atoms with Crippen LogP contribution in [0, 0.1) is 0 Å². The van der Waals surface area contributed by atoms with Crippen molar-refractivity contribution < 1.29 is 5.11 Å². The van der Waals surface area contributed by atoms with E-state index in [9.17, 15) is 5.11 Å². The Hall–Kier alpha value is -0.120. The van der Waals surface area contributed by atoms with Crippen LogP contribution in [0.1, 0.15) is 65.2 Å². The first-order valence-corrected chi connectivity index (χ1v) is 8.14. The van der Waals surface area contributed by atoms with Gasteiger partial charge in [-0.25, -0.2) is 0 Å². The van der Waals surface area contributed by atoms with Gasteiger partial charge in [0.25, 0.3) is 0 Å². The van der Waals surface area contributed by atoms with Crippen molar-refractivity contribution in [3.05, 3.63) is 0 Å². The first kappa shape index (κ1) is 15.3. The molecule has 3 nitrogen and oxygen atoms in total. The number of nitrogens with zero attached hydrogens (tertiary/aromatic N) is 1. The van der Waals surface area contributed by atoms with Crippen LogP contribution < -0.4 is 5.32 Å². The van der Waals surface area contributed by atoms with Crippen LogP contribution in [-0.2, 0) is 0 Å². The van der Waals surface area contributed by atoms with Crippen molar-refractivity contribution in [1.29, 1.82) is 0 Å². The number of rotatable bonds is 7. The van der Waals surface area contributed by atoms with Crippen molar-refractivity contribution in [2.24, 2.45) is 0 Å². The Morgan fingerprint density at radius 2 is 1.84 bits per heavy atom. The summed E-state index contributed by atoms with van der Waals surface area (Å²) < 4.78 is 0. The molecule has 2 fully saturated rings. The quantitative estimate of drug-likeness (QED) is 0.745. The van der Waals surface area contributed by atoms with E-state index in [0.29, 0.717) is 12.1 Å². The fourth-order valence-electron chi connectivity index (χ4n) is 3.53. The van der Waals surface area contributed by atoms with Crippen LogP contribution in [-0.4, -0.2) is 47.3 Å². The summed E-state index contributed by atoms with van der Waals surface area (Å²) in [6.07, 6.45) is 10.5. The molecule has 2 aliphatic carbocycles. The average Bonchev–Trinajstić information content (AvgIpc) is 3.22. The second-order valence-corrected chi connectivity index (χ2v) is 7.15. The lowest BCUT2D eigenvalue weighted by atomic mass is 9.90. The summed E-state index contributed by atoms with van der Waals surface area (Å²) in [4.78, 5) is 2.56. The van der Waals surface area contributed by atoms with Crippen LogP contribution >= 0.6 is 0 Å². The maximum atomic E-state index is 9.72. The summed E-state index contributed by atoms with van der Waals surface area (Å²) in [6, 6.07) is 1.95. The van der Waals surface area contributed by atoms with Crippen LogP contribution in [0.5, 0.6) is 0 Å². The van der Waals surface area contributed by atoms with E-state index in [1.807, 2.05) is 0 Å². The molecule has 2 N–H and O–H groups in total. The summed E-state index contributed by atoms with van der Waals surface area (Å²) >= 11 is 0. The van der Waals surface area contributed by atoms with Gasteiger partial charge in [-0.1, -0.05) is 19.3 Å². The molecule has 0 aliphatic heterocycles. The molecule has 0 bridgehead atoms. The zero-order chi connectivity index (χ0) is 13.9. The molecule has 112 valence electrons. The van der Waals surface area contributed by atoms with Gasteiger partial charge in [0.1, 0.15) is 0 Å². The van der Waals surface area contributed by atoms with Crippen molar-refractivity contribution in [3.63, 3.8) is 0 Å². The molecule has 2 saturated carbocycles. The van der Waals surface area contributed by atoms with Crippen molar-refractivity contribution in [1.82, 2.24) is 10.2 Å². The number of aliphatic hydroxyl groups is 1. The lowest BCUT2D eigenvalue weighted by Crippen LogP contribution is -2.52. The molecule has 0 aromatic carbocycles. The van der Waals surface area contributed by atoms with E-state index in [1.165, 1.54) is 44.9 Å². The molecule has 0 spiro atoms. The van der Waals surface area contributed by atoms with E-state index >= 15 is 0 Å². The summed E-state index contributed by atoms with van der Waals surface area (Å²) in [5.74, 6) is 0. The third kappa shape index (κ3) is 4.44. The third-order valence-electron chi connectivity index (χ3n) is 5.07. The van der Waals surface area contributed by atoms with Gasteiger partial charge < -0.3 is 15.3 Å². The molecule has 2 atom stereocenters. The zero-order valence-electron chi connectivity index (χ0n) is 13.0. The minimum absolute atomic E-state index is 0.108. The highest BCUT2D eigenvalue weighted by Gasteiger charge is 2.34. The van der Waals surface area contributed by atoms with E-state index < -0.39 is 0 Å².